The number of aromatic nitrogens is 8. The van der Waals surface area contributed by atoms with Crippen molar-refractivity contribution in [3.63, 3.8) is 0 Å². The number of tetrazole rings is 2. The number of anilines is 2. The lowest BCUT2D eigenvalue weighted by molar-refractivity contribution is -0.121. The number of amides is 5. The van der Waals surface area contributed by atoms with E-state index in [4.69, 9.17) is 0 Å². The minimum Gasteiger partial charge on any atom is -0.378 e. The Kier molecular flexibility index (Phi) is 20.5. The Bertz CT molecular complexity index is 2790. The number of aliphatic hydroxyl groups is 1. The number of carbonyl (C=O) groups is 3. The molecule has 2 fully saturated rings. The van der Waals surface area contributed by atoms with Gasteiger partial charge in [-0.3, -0.25) is 14.6 Å². The molecule has 6 N–H and O–H groups in total. The second-order valence-electron chi connectivity index (χ2n) is 20.7. The highest BCUT2D eigenvalue weighted by molar-refractivity contribution is 5.90. The third-order valence-electron chi connectivity index (χ3n) is 13.7. The van der Waals surface area contributed by atoms with E-state index in [0.29, 0.717) is 53.6 Å². The molecule has 2 aromatic heterocycles. The van der Waals surface area contributed by atoms with Crippen LogP contribution in [0.25, 0.3) is 22.8 Å². The fraction of sp³-hybridized carbons (Fsp3) is 0.473. The number of urea groups is 2. The molecular weight excluding hydrogens is 973 g/mol. The molecule has 0 saturated carbocycles. The molecule has 406 valence electrons. The minimum atomic E-state index is -0.651. The van der Waals surface area contributed by atoms with E-state index in [9.17, 15) is 28.3 Å². The van der Waals surface area contributed by atoms with Gasteiger partial charge in [0.25, 0.3) is 0 Å². The predicted molar refractivity (Wildman–Crippen MR) is 287 cm³/mol. The maximum absolute atomic E-state index is 13.3. The smallest absolute Gasteiger partial charge is 0.319 e. The first kappa shape index (κ1) is 56.5. The lowest BCUT2D eigenvalue weighted by Gasteiger charge is -2.39. The summed E-state index contributed by atoms with van der Waals surface area (Å²) in [5.41, 5.74) is 5.06. The maximum Gasteiger partial charge on any atom is 0.319 e. The van der Waals surface area contributed by atoms with Crippen molar-refractivity contribution < 1.29 is 28.3 Å². The van der Waals surface area contributed by atoms with E-state index in [-0.39, 0.29) is 47.9 Å². The largest absolute Gasteiger partial charge is 0.378 e. The van der Waals surface area contributed by atoms with Gasteiger partial charge in [0, 0.05) is 94.6 Å². The van der Waals surface area contributed by atoms with Crippen molar-refractivity contribution in [3.8, 4) is 22.8 Å². The summed E-state index contributed by atoms with van der Waals surface area (Å²) < 4.78 is 29.7. The third-order valence-corrected chi connectivity index (χ3v) is 13.7. The first-order chi connectivity index (χ1) is 36.5. The van der Waals surface area contributed by atoms with Gasteiger partial charge in [-0.15, -0.1) is 10.2 Å². The number of likely N-dealkylation sites (tertiary alicyclic amines) is 2. The quantitative estimate of drug-likeness (QED) is 0.0463. The van der Waals surface area contributed by atoms with Gasteiger partial charge >= 0.3 is 12.1 Å². The number of aliphatic hydroxyl groups excluding tert-OH is 1. The summed E-state index contributed by atoms with van der Waals surface area (Å²) in [6, 6.07) is 27.0. The second kappa shape index (κ2) is 27.5. The van der Waals surface area contributed by atoms with E-state index in [1.165, 1.54) is 31.2 Å². The number of hydrogen-bond acceptors (Lipinski definition) is 12. The highest BCUT2D eigenvalue weighted by Gasteiger charge is 2.30. The number of nitrogens with zero attached hydrogens (tertiary/aromatic N) is 10. The number of nitrogens with one attached hydrogen (secondary N) is 5. The number of piperidine rings is 2. The van der Waals surface area contributed by atoms with Gasteiger partial charge in [0.15, 0.2) is 11.6 Å². The number of benzene rings is 4. The fourth-order valence-corrected chi connectivity index (χ4v) is 10.3. The molecule has 21 heteroatoms. The van der Waals surface area contributed by atoms with Crippen LogP contribution in [-0.4, -0.2) is 124 Å². The van der Waals surface area contributed by atoms with Crippen LogP contribution in [0.2, 0.25) is 0 Å². The van der Waals surface area contributed by atoms with Crippen molar-refractivity contribution in [2.45, 2.75) is 110 Å². The van der Waals surface area contributed by atoms with E-state index in [0.717, 1.165) is 93.4 Å². The van der Waals surface area contributed by atoms with Gasteiger partial charge < -0.3 is 31.7 Å². The topological polar surface area (TPSA) is 225 Å². The number of rotatable bonds is 19. The summed E-state index contributed by atoms with van der Waals surface area (Å²) >= 11 is 0. The second-order valence-corrected chi connectivity index (χ2v) is 20.7. The first-order valence-electron chi connectivity index (χ1n) is 26.3. The van der Waals surface area contributed by atoms with Crippen LogP contribution >= 0.6 is 0 Å². The Morgan fingerprint density at radius 3 is 1.61 bits per heavy atom. The molecule has 0 radical (unpaired) electrons. The van der Waals surface area contributed by atoms with E-state index >= 15 is 0 Å². The molecule has 2 saturated heterocycles. The molecular formula is C55H73F2N15O4. The van der Waals surface area contributed by atoms with Crippen LogP contribution in [0.1, 0.15) is 83.8 Å². The van der Waals surface area contributed by atoms with Gasteiger partial charge in [-0.05, 0) is 150 Å². The third kappa shape index (κ3) is 17.4. The zero-order chi connectivity index (χ0) is 54.1. The maximum atomic E-state index is 13.3. The Morgan fingerprint density at radius 2 is 1.13 bits per heavy atom. The Labute approximate surface area is 443 Å². The van der Waals surface area contributed by atoms with Gasteiger partial charge in [-0.1, -0.05) is 62.4 Å². The monoisotopic (exact) mass is 1050 g/mol. The van der Waals surface area contributed by atoms with E-state index in [1.807, 2.05) is 73.7 Å². The lowest BCUT2D eigenvalue weighted by Crippen LogP contribution is -2.54. The summed E-state index contributed by atoms with van der Waals surface area (Å²) in [6.07, 6.45) is 6.81. The molecule has 8 rings (SSSR count). The van der Waals surface area contributed by atoms with E-state index in [1.54, 1.807) is 29.5 Å². The van der Waals surface area contributed by atoms with Crippen molar-refractivity contribution in [2.75, 3.05) is 36.8 Å². The van der Waals surface area contributed by atoms with E-state index < -0.39 is 6.23 Å². The Balaban J connectivity index is 0.000000221. The van der Waals surface area contributed by atoms with Crippen LogP contribution in [-0.2, 0) is 31.7 Å². The average Bonchev–Trinajstić information content (AvgIpc) is 4.03. The fourth-order valence-electron chi connectivity index (χ4n) is 10.3. The molecule has 76 heavy (non-hydrogen) atoms. The number of carbonyl (C=O) groups excluding carboxylic acids is 3. The molecule has 4 aromatic carbocycles. The highest BCUT2D eigenvalue weighted by atomic mass is 19.1. The van der Waals surface area contributed by atoms with Crippen molar-refractivity contribution in [3.05, 3.63) is 120 Å². The normalized spacial score (nSPS) is 17.6. The van der Waals surface area contributed by atoms with Crippen LogP contribution in [0.3, 0.4) is 0 Å². The molecule has 2 aliphatic heterocycles. The lowest BCUT2D eigenvalue weighted by atomic mass is 9.90. The number of halogens is 2. The molecule has 0 aliphatic carbocycles. The van der Waals surface area contributed by atoms with E-state index in [2.05, 4.69) is 81.3 Å². The number of aryl methyl sites for hydroxylation is 2. The Morgan fingerprint density at radius 1 is 0.645 bits per heavy atom. The summed E-state index contributed by atoms with van der Waals surface area (Å²) in [7, 11) is 3.51. The molecule has 2 aliphatic rings. The van der Waals surface area contributed by atoms with Crippen molar-refractivity contribution in [2.24, 2.45) is 31.8 Å². The summed E-state index contributed by atoms with van der Waals surface area (Å²) in [5, 5.41) is 49.1. The van der Waals surface area contributed by atoms with Crippen LogP contribution in [0.4, 0.5) is 29.7 Å². The molecule has 0 unspecified atom stereocenters. The van der Waals surface area contributed by atoms with Crippen molar-refractivity contribution >= 4 is 29.3 Å². The molecule has 0 bridgehead atoms. The summed E-state index contributed by atoms with van der Waals surface area (Å²) in [4.78, 5) is 42.1. The molecule has 6 aromatic rings. The van der Waals surface area contributed by atoms with Crippen LogP contribution in [0.5, 0.6) is 0 Å². The van der Waals surface area contributed by atoms with Gasteiger partial charge in [0.2, 0.25) is 5.91 Å². The van der Waals surface area contributed by atoms with Gasteiger partial charge in [-0.2, -0.15) is 0 Å². The van der Waals surface area contributed by atoms with Crippen molar-refractivity contribution in [1.82, 2.24) is 66.2 Å². The highest BCUT2D eigenvalue weighted by Crippen LogP contribution is 2.27. The molecule has 6 atom stereocenters. The van der Waals surface area contributed by atoms with Crippen molar-refractivity contribution in [1.29, 1.82) is 0 Å². The van der Waals surface area contributed by atoms with Gasteiger partial charge in [-0.25, -0.2) is 27.7 Å². The summed E-state index contributed by atoms with van der Waals surface area (Å²) in [6.45, 7) is 11.0. The standard InChI is InChI=1S/C28H38FN7O2.C27H35FN8O2/c1-19(2)14-25(31-28(38)30-24-8-4-7-22(16-24)27-32-33-34-35(27)3)17-26(37)36-13-5-6-21(18-36)15-20-9-11-23(29)12-10-20;1-18(29-27(38)31-24-8-4-7-22(16-24)26-32-33-34-35(26)3)14-25(30-19(2)37)36-13-5-6-21(17-36)15-20-9-11-23(28)12-10-20/h4,7-12,16,19,21,25-26,37H,5-6,13-15,17-18H2,1-3H3,(H2,30,31,38);4,7-12,16,18,21,25H,5-6,13-15,17H2,1-3H3,(H,30,37)(H2,29,31,38)/t21-,25+,26+;18-,21+,25+/m01/s1. The van der Waals surface area contributed by atoms with Crippen LogP contribution < -0.4 is 26.6 Å². The molecule has 0 spiro atoms. The molecule has 4 heterocycles. The molecule has 19 nitrogen and oxygen atoms in total. The summed E-state index contributed by atoms with van der Waals surface area (Å²) in [5.74, 6) is 1.81. The SMILES string of the molecule is CC(=O)N[C@H](C[C@@H](C)NC(=O)Nc1cccc(-c2nnnn2C)c1)N1CCC[C@@H](Cc2ccc(F)cc2)C1.CC(C)C[C@H](C[C@@H](O)N1CCC[C@@H](Cc2ccc(F)cc2)C1)NC(=O)Nc1cccc(-c2nnnn2C)c1. The zero-order valence-corrected chi connectivity index (χ0v) is 44.4. The van der Waals surface area contributed by atoms with Gasteiger partial charge in [0.05, 0.1) is 6.17 Å². The van der Waals surface area contributed by atoms with Crippen LogP contribution in [0.15, 0.2) is 97.1 Å². The molecule has 5 amide bonds. The predicted octanol–water partition coefficient (Wildman–Crippen LogP) is 7.55. The Hall–Kier alpha value is -7.23. The minimum absolute atomic E-state index is 0.109. The van der Waals surface area contributed by atoms with Gasteiger partial charge in [0.1, 0.15) is 17.9 Å². The zero-order valence-electron chi connectivity index (χ0n) is 44.4. The number of hydrogen-bond donors (Lipinski definition) is 6. The van der Waals surface area contributed by atoms with Crippen LogP contribution in [0, 0.1) is 29.4 Å². The average molecular weight is 1050 g/mol. The first-order valence-corrected chi connectivity index (χ1v) is 26.3.